The van der Waals surface area contributed by atoms with Gasteiger partial charge in [0.25, 0.3) is 5.91 Å². The molecule has 6 nitrogen and oxygen atoms in total. The summed E-state index contributed by atoms with van der Waals surface area (Å²) >= 11 is 0. The fourth-order valence-electron chi connectivity index (χ4n) is 2.36. The molecule has 22 heavy (non-hydrogen) atoms. The molecule has 118 valence electrons. The van der Waals surface area contributed by atoms with Crippen molar-refractivity contribution in [3.05, 3.63) is 35.5 Å². The summed E-state index contributed by atoms with van der Waals surface area (Å²) in [6, 6.07) is 8.02. The van der Waals surface area contributed by atoms with Gasteiger partial charge in [0.05, 0.1) is 0 Å². The Balaban J connectivity index is 2.10. The van der Waals surface area contributed by atoms with E-state index in [1.165, 1.54) is 18.4 Å². The summed E-state index contributed by atoms with van der Waals surface area (Å²) in [5, 5.41) is 10.2. The van der Waals surface area contributed by atoms with Gasteiger partial charge < -0.3 is 5.73 Å². The van der Waals surface area contributed by atoms with Crippen LogP contribution in [-0.4, -0.2) is 39.3 Å². The van der Waals surface area contributed by atoms with E-state index in [1.807, 2.05) is 12.1 Å². The zero-order valence-electron chi connectivity index (χ0n) is 13.2. The van der Waals surface area contributed by atoms with Crippen molar-refractivity contribution in [2.24, 2.45) is 5.73 Å². The minimum Gasteiger partial charge on any atom is -0.364 e. The Morgan fingerprint density at radius 2 is 1.95 bits per heavy atom. The largest absolute Gasteiger partial charge is 0.364 e. The van der Waals surface area contributed by atoms with Gasteiger partial charge in [-0.15, -0.1) is 0 Å². The topological polar surface area (TPSA) is 87.9 Å². The summed E-state index contributed by atoms with van der Waals surface area (Å²) in [5.41, 5.74) is 8.04. The van der Waals surface area contributed by atoms with Gasteiger partial charge in [0.1, 0.15) is 5.69 Å². The molecule has 0 aliphatic heterocycles. The van der Waals surface area contributed by atoms with Crippen LogP contribution in [0.25, 0.3) is 11.3 Å². The molecule has 1 aromatic carbocycles. The summed E-state index contributed by atoms with van der Waals surface area (Å²) in [6.07, 6.45) is 2.42. The summed E-state index contributed by atoms with van der Waals surface area (Å²) in [6.45, 7) is 7.47. The number of amides is 1. The first-order chi connectivity index (χ1) is 10.7. The van der Waals surface area contributed by atoms with Crippen LogP contribution in [0, 0.1) is 0 Å². The maximum Gasteiger partial charge on any atom is 0.271 e. The van der Waals surface area contributed by atoms with Gasteiger partial charge in [-0.2, -0.15) is 15.4 Å². The third-order valence-corrected chi connectivity index (χ3v) is 3.69. The first-order valence-electron chi connectivity index (χ1n) is 7.68. The lowest BCUT2D eigenvalue weighted by molar-refractivity contribution is 0.0996. The predicted molar refractivity (Wildman–Crippen MR) is 86.2 cm³/mol. The summed E-state index contributed by atoms with van der Waals surface area (Å²) in [4.78, 5) is 13.7. The second-order valence-electron chi connectivity index (χ2n) is 5.30. The molecule has 0 atom stereocenters. The normalized spacial score (nSPS) is 11.0. The lowest BCUT2D eigenvalue weighted by Crippen LogP contribution is -2.23. The lowest BCUT2D eigenvalue weighted by atomic mass is 10.1. The summed E-state index contributed by atoms with van der Waals surface area (Å²) in [7, 11) is 0. The molecule has 0 aliphatic rings. The van der Waals surface area contributed by atoms with Crippen molar-refractivity contribution in [1.82, 2.24) is 20.3 Å². The average molecular weight is 301 g/mol. The molecule has 3 N–H and O–H groups in total. The van der Waals surface area contributed by atoms with Crippen molar-refractivity contribution in [2.75, 3.05) is 13.1 Å². The molecule has 0 saturated carbocycles. The van der Waals surface area contributed by atoms with Crippen LogP contribution in [0.5, 0.6) is 0 Å². The Kier molecular flexibility index (Phi) is 5.66. The first-order valence-corrected chi connectivity index (χ1v) is 7.68. The van der Waals surface area contributed by atoms with Crippen LogP contribution in [-0.2, 0) is 6.54 Å². The Bertz CT molecular complexity index is 605. The van der Waals surface area contributed by atoms with Crippen LogP contribution in [0.15, 0.2) is 24.3 Å². The van der Waals surface area contributed by atoms with Crippen LogP contribution >= 0.6 is 0 Å². The number of unbranched alkanes of at least 4 members (excludes halogenated alkanes) is 1. The van der Waals surface area contributed by atoms with Crippen molar-refractivity contribution in [2.45, 2.75) is 33.2 Å². The molecule has 1 aromatic heterocycles. The summed E-state index contributed by atoms with van der Waals surface area (Å²) in [5.74, 6) is -0.579. The fourth-order valence-corrected chi connectivity index (χ4v) is 2.36. The number of nitrogens with two attached hydrogens (primary N) is 1. The molecule has 0 radical (unpaired) electrons. The van der Waals surface area contributed by atoms with Crippen LogP contribution in [0.4, 0.5) is 0 Å². The number of rotatable bonds is 8. The van der Waals surface area contributed by atoms with Gasteiger partial charge in [0, 0.05) is 12.1 Å². The quantitative estimate of drug-likeness (QED) is 0.782. The lowest BCUT2D eigenvalue weighted by Gasteiger charge is -2.20. The fraction of sp³-hybridized carbons (Fsp3) is 0.438. The first kappa shape index (κ1) is 16.2. The molecule has 0 spiro atoms. The molecular weight excluding hydrogens is 278 g/mol. The number of hydrogen-bond acceptors (Lipinski definition) is 4. The van der Waals surface area contributed by atoms with E-state index in [2.05, 4.69) is 46.3 Å². The number of nitrogens with zero attached hydrogens (tertiary/aromatic N) is 3. The molecule has 2 aromatic rings. The van der Waals surface area contributed by atoms with E-state index in [-0.39, 0.29) is 5.69 Å². The number of H-pyrrole nitrogens is 1. The second kappa shape index (κ2) is 7.70. The number of nitrogens with one attached hydrogen (secondary N) is 1. The van der Waals surface area contributed by atoms with Crippen molar-refractivity contribution in [3.8, 4) is 11.3 Å². The zero-order chi connectivity index (χ0) is 15.9. The highest BCUT2D eigenvalue weighted by atomic mass is 16.1. The average Bonchev–Trinajstić information content (AvgIpc) is 3.02. The highest BCUT2D eigenvalue weighted by molar-refractivity contribution is 5.96. The van der Waals surface area contributed by atoms with Crippen molar-refractivity contribution >= 4 is 5.91 Å². The number of aromatic amines is 1. The van der Waals surface area contributed by atoms with Crippen molar-refractivity contribution < 1.29 is 4.79 Å². The van der Waals surface area contributed by atoms with Crippen LogP contribution in [0.3, 0.4) is 0 Å². The molecular formula is C16H23N5O. The molecule has 0 unspecified atom stereocenters. The van der Waals surface area contributed by atoms with Crippen LogP contribution in [0.2, 0.25) is 0 Å². The highest BCUT2D eigenvalue weighted by Crippen LogP contribution is 2.20. The monoisotopic (exact) mass is 301 g/mol. The van der Waals surface area contributed by atoms with Gasteiger partial charge in [-0.05, 0) is 25.1 Å². The molecule has 2 rings (SSSR count). The maximum atomic E-state index is 11.3. The van der Waals surface area contributed by atoms with Crippen LogP contribution < -0.4 is 5.73 Å². The van der Waals surface area contributed by atoms with Gasteiger partial charge >= 0.3 is 0 Å². The van der Waals surface area contributed by atoms with E-state index in [0.717, 1.165) is 25.2 Å². The Morgan fingerprint density at radius 1 is 1.23 bits per heavy atom. The number of hydrogen-bond donors (Lipinski definition) is 2. The van der Waals surface area contributed by atoms with E-state index in [4.69, 9.17) is 5.73 Å². The minimum absolute atomic E-state index is 0.172. The molecule has 1 amide bonds. The second-order valence-corrected chi connectivity index (χ2v) is 5.30. The standard InChI is InChI=1S/C16H23N5O/c1-3-5-10-21(4-2)11-12-6-8-13(9-7-12)14-15(16(17)22)19-20-18-14/h6-9H,3-5,10-11H2,1-2H3,(H2,17,22)(H,18,19,20). The Morgan fingerprint density at radius 3 is 2.55 bits per heavy atom. The third kappa shape index (κ3) is 3.92. The Hall–Kier alpha value is -2.21. The minimum atomic E-state index is -0.579. The molecule has 0 saturated heterocycles. The number of primary amides is 1. The highest BCUT2D eigenvalue weighted by Gasteiger charge is 2.15. The van der Waals surface area contributed by atoms with Gasteiger partial charge in [0.15, 0.2) is 5.69 Å². The van der Waals surface area contributed by atoms with Crippen molar-refractivity contribution in [3.63, 3.8) is 0 Å². The van der Waals surface area contributed by atoms with E-state index < -0.39 is 5.91 Å². The van der Waals surface area contributed by atoms with E-state index in [0.29, 0.717) is 5.69 Å². The predicted octanol–water partition coefficient (Wildman–Crippen LogP) is 2.19. The summed E-state index contributed by atoms with van der Waals surface area (Å²) < 4.78 is 0. The van der Waals surface area contributed by atoms with Gasteiger partial charge in [-0.25, -0.2) is 0 Å². The zero-order valence-corrected chi connectivity index (χ0v) is 13.2. The van der Waals surface area contributed by atoms with Gasteiger partial charge in [-0.1, -0.05) is 44.5 Å². The smallest absolute Gasteiger partial charge is 0.271 e. The molecule has 6 heteroatoms. The van der Waals surface area contributed by atoms with E-state index in [9.17, 15) is 4.79 Å². The number of carbonyl (C=O) groups excluding carboxylic acids is 1. The molecule has 1 heterocycles. The maximum absolute atomic E-state index is 11.3. The third-order valence-electron chi connectivity index (χ3n) is 3.69. The molecule has 0 aliphatic carbocycles. The van der Waals surface area contributed by atoms with E-state index >= 15 is 0 Å². The number of benzene rings is 1. The van der Waals surface area contributed by atoms with Crippen molar-refractivity contribution in [1.29, 1.82) is 0 Å². The molecule has 0 fully saturated rings. The van der Waals surface area contributed by atoms with Gasteiger partial charge in [-0.3, -0.25) is 9.69 Å². The number of carbonyl (C=O) groups is 1. The van der Waals surface area contributed by atoms with E-state index in [1.54, 1.807) is 0 Å². The Labute approximate surface area is 130 Å². The number of aromatic nitrogens is 3. The van der Waals surface area contributed by atoms with Crippen LogP contribution in [0.1, 0.15) is 42.7 Å². The SMILES string of the molecule is CCCCN(CC)Cc1ccc(-c2n[nH]nc2C(N)=O)cc1. The van der Waals surface area contributed by atoms with Gasteiger partial charge in [0.2, 0.25) is 0 Å². The molecule has 0 bridgehead atoms.